The first-order chi connectivity index (χ1) is 18.1. The number of nitrogen functional groups attached to an aromatic ring is 1. The summed E-state index contributed by atoms with van der Waals surface area (Å²) in [6.07, 6.45) is -0.586. The first-order valence-electron chi connectivity index (χ1n) is 12.7. The molecule has 2 aliphatic heterocycles. The second-order valence-corrected chi connectivity index (χ2v) is 11.5. The van der Waals surface area contributed by atoms with Gasteiger partial charge in [0.05, 0.1) is 17.6 Å². The zero-order chi connectivity index (χ0) is 28.9. The summed E-state index contributed by atoms with van der Waals surface area (Å²) in [4.78, 5) is 50.5. The minimum absolute atomic E-state index is 0.217. The Hall–Kier alpha value is -3.65. The number of fused-ring (bicyclic) bond motifs is 2. The number of carbonyl (C=O) groups is 3. The fourth-order valence-electron chi connectivity index (χ4n) is 5.04. The summed E-state index contributed by atoms with van der Waals surface area (Å²) in [6.45, 7) is 11.7. The largest absolute Gasteiger partial charge is 0.465 e. The molecule has 0 aliphatic carbocycles. The Morgan fingerprint density at radius 1 is 1.23 bits per heavy atom. The highest BCUT2D eigenvalue weighted by molar-refractivity contribution is 5.88. The van der Waals surface area contributed by atoms with Gasteiger partial charge in [-0.2, -0.15) is 0 Å². The highest BCUT2D eigenvalue weighted by Gasteiger charge is 2.60. The van der Waals surface area contributed by atoms with Crippen LogP contribution in [0.5, 0.6) is 0 Å². The predicted octanol–water partition coefficient (Wildman–Crippen LogP) is 2.56. The molecule has 4 heterocycles. The average molecular weight is 549 g/mol. The van der Waals surface area contributed by atoms with Crippen molar-refractivity contribution in [2.45, 2.75) is 90.2 Å². The molecular weight excluding hydrogens is 512 g/mol. The van der Waals surface area contributed by atoms with Crippen LogP contribution in [0.4, 0.5) is 15.4 Å². The maximum absolute atomic E-state index is 13.1. The van der Waals surface area contributed by atoms with Gasteiger partial charge in [0.25, 0.3) is 0 Å². The van der Waals surface area contributed by atoms with E-state index in [0.29, 0.717) is 16.6 Å². The second kappa shape index (κ2) is 10.2. The van der Waals surface area contributed by atoms with E-state index >= 15 is 0 Å². The van der Waals surface area contributed by atoms with Crippen LogP contribution in [0.25, 0.3) is 11.0 Å². The summed E-state index contributed by atoms with van der Waals surface area (Å²) in [5.41, 5.74) is 6.67. The number of nitrogens with one attached hydrogen (secondary N) is 2. The Bertz CT molecular complexity index is 1250. The van der Waals surface area contributed by atoms with Crippen molar-refractivity contribution in [2.75, 3.05) is 12.3 Å². The first kappa shape index (κ1) is 28.4. The number of rotatable bonds is 6. The molecule has 2 amide bonds. The Morgan fingerprint density at radius 2 is 1.90 bits per heavy atom. The van der Waals surface area contributed by atoms with Crippen LogP contribution in [0, 0.1) is 5.92 Å². The summed E-state index contributed by atoms with van der Waals surface area (Å²) in [6, 6.07) is -2.78. The standard InChI is InChI=1S/C25H36N6O8/c1-11(2)14(30-22(33)39-24(3,4)5)21(32)36-9-13-18-19(38-25(6,7)37-18)17(31(13)23(34)35)12-8-27-16-15(12)28-10-29-20(16)26/h8,10-11,13-14,17-19,27H,9H2,1-7H3,(H,30,33)(H,34,35)(H2,26,28,29). The summed E-state index contributed by atoms with van der Waals surface area (Å²) in [5.74, 6) is -1.86. The number of hydrogen-bond donors (Lipinski definition) is 4. The fraction of sp³-hybridized carbons (Fsp3) is 0.640. The highest BCUT2D eigenvalue weighted by Crippen LogP contribution is 2.48. The number of aromatic amines is 1. The maximum atomic E-state index is 13.1. The van der Waals surface area contributed by atoms with E-state index < -0.39 is 59.9 Å². The molecule has 14 nitrogen and oxygen atoms in total. The molecule has 0 radical (unpaired) electrons. The Balaban J connectivity index is 1.61. The van der Waals surface area contributed by atoms with Crippen molar-refractivity contribution in [1.29, 1.82) is 0 Å². The molecule has 2 aliphatic rings. The number of hydrogen-bond acceptors (Lipinski definition) is 10. The SMILES string of the molecule is CC(C)C(NC(=O)OC(C)(C)C)C(=O)OCC1C2OC(C)(C)OC2C(c2c[nH]c3c(N)ncnc23)N1C(=O)O. The van der Waals surface area contributed by atoms with Gasteiger partial charge in [0.15, 0.2) is 11.6 Å². The zero-order valence-electron chi connectivity index (χ0n) is 23.0. The first-order valence-corrected chi connectivity index (χ1v) is 12.7. The van der Waals surface area contributed by atoms with Gasteiger partial charge in [0, 0.05) is 11.8 Å². The molecular formula is C25H36N6O8. The number of likely N-dealkylation sites (tertiary alicyclic amines) is 1. The van der Waals surface area contributed by atoms with Crippen LogP contribution in [0.3, 0.4) is 0 Å². The van der Waals surface area contributed by atoms with Gasteiger partial charge in [0.2, 0.25) is 0 Å². The van der Waals surface area contributed by atoms with Crippen molar-refractivity contribution in [1.82, 2.24) is 25.2 Å². The third-order valence-electron chi connectivity index (χ3n) is 6.56. The maximum Gasteiger partial charge on any atom is 0.408 e. The van der Waals surface area contributed by atoms with Crippen LogP contribution in [0.15, 0.2) is 12.5 Å². The summed E-state index contributed by atoms with van der Waals surface area (Å²) in [5, 5.41) is 12.8. The summed E-state index contributed by atoms with van der Waals surface area (Å²) >= 11 is 0. The number of H-pyrrole nitrogens is 1. The Morgan fingerprint density at radius 3 is 2.51 bits per heavy atom. The van der Waals surface area contributed by atoms with Crippen LogP contribution in [0.1, 0.15) is 60.1 Å². The van der Waals surface area contributed by atoms with E-state index in [1.54, 1.807) is 54.7 Å². The van der Waals surface area contributed by atoms with E-state index in [1.807, 2.05) is 0 Å². The van der Waals surface area contributed by atoms with Gasteiger partial charge in [-0.15, -0.1) is 0 Å². The molecule has 5 N–H and O–H groups in total. The van der Waals surface area contributed by atoms with Gasteiger partial charge in [-0.3, -0.25) is 4.90 Å². The molecule has 214 valence electrons. The number of anilines is 1. The van der Waals surface area contributed by atoms with Gasteiger partial charge < -0.3 is 40.1 Å². The topological polar surface area (TPSA) is 191 Å². The number of esters is 1. The van der Waals surface area contributed by atoms with Crippen LogP contribution in [-0.2, 0) is 23.7 Å². The van der Waals surface area contributed by atoms with E-state index in [2.05, 4.69) is 20.3 Å². The minimum atomic E-state index is -1.26. The van der Waals surface area contributed by atoms with Crippen LogP contribution in [-0.4, -0.2) is 85.4 Å². The number of alkyl carbamates (subject to hydrolysis) is 1. The van der Waals surface area contributed by atoms with Crippen molar-refractivity contribution >= 4 is 35.0 Å². The number of nitrogens with two attached hydrogens (primary N) is 1. The van der Waals surface area contributed by atoms with Crippen LogP contribution in [0.2, 0.25) is 0 Å². The second-order valence-electron chi connectivity index (χ2n) is 11.5. The average Bonchev–Trinajstić information content (AvgIpc) is 3.44. The fourth-order valence-corrected chi connectivity index (χ4v) is 5.04. The van der Waals surface area contributed by atoms with Gasteiger partial charge in [-0.25, -0.2) is 24.4 Å². The molecule has 4 rings (SSSR count). The number of ether oxygens (including phenoxy) is 4. The third kappa shape index (κ3) is 5.71. The summed E-state index contributed by atoms with van der Waals surface area (Å²) in [7, 11) is 0. The molecule has 5 atom stereocenters. The molecule has 39 heavy (non-hydrogen) atoms. The van der Waals surface area contributed by atoms with Crippen LogP contribution >= 0.6 is 0 Å². The molecule has 2 aromatic heterocycles. The van der Waals surface area contributed by atoms with E-state index in [0.717, 1.165) is 4.90 Å². The Labute approximate surface area is 225 Å². The van der Waals surface area contributed by atoms with Gasteiger partial charge in [-0.05, 0) is 40.5 Å². The number of aromatic nitrogens is 3. The smallest absolute Gasteiger partial charge is 0.408 e. The lowest BCUT2D eigenvalue weighted by Gasteiger charge is -2.32. The quantitative estimate of drug-likeness (QED) is 0.388. The molecule has 5 unspecified atom stereocenters. The molecule has 0 saturated carbocycles. The molecule has 0 aromatic carbocycles. The number of carbonyl (C=O) groups excluding carboxylic acids is 2. The summed E-state index contributed by atoms with van der Waals surface area (Å²) < 4.78 is 23.2. The normalized spacial score (nSPS) is 25.0. The number of amides is 2. The van der Waals surface area contributed by atoms with Gasteiger partial charge >= 0.3 is 18.2 Å². The molecule has 0 spiro atoms. The lowest BCUT2D eigenvalue weighted by atomic mass is 10.0. The predicted molar refractivity (Wildman–Crippen MR) is 137 cm³/mol. The third-order valence-corrected chi connectivity index (χ3v) is 6.56. The minimum Gasteiger partial charge on any atom is -0.465 e. The van der Waals surface area contributed by atoms with E-state index in [1.165, 1.54) is 6.33 Å². The molecule has 0 bridgehead atoms. The zero-order valence-corrected chi connectivity index (χ0v) is 23.0. The lowest BCUT2D eigenvalue weighted by molar-refractivity contribution is -0.171. The van der Waals surface area contributed by atoms with E-state index in [-0.39, 0.29) is 18.3 Å². The Kier molecular flexibility index (Phi) is 7.38. The van der Waals surface area contributed by atoms with Crippen molar-refractivity contribution < 1.29 is 38.4 Å². The molecule has 2 saturated heterocycles. The lowest BCUT2D eigenvalue weighted by Crippen LogP contribution is -2.49. The van der Waals surface area contributed by atoms with Crippen molar-refractivity contribution in [3.05, 3.63) is 18.1 Å². The van der Waals surface area contributed by atoms with Crippen molar-refractivity contribution in [3.63, 3.8) is 0 Å². The van der Waals surface area contributed by atoms with Gasteiger partial charge in [0.1, 0.15) is 42.3 Å². The molecule has 2 fully saturated rings. The number of carboxylic acid groups (broad SMARTS) is 1. The van der Waals surface area contributed by atoms with E-state index in [9.17, 15) is 19.5 Å². The molecule has 14 heteroatoms. The van der Waals surface area contributed by atoms with E-state index in [4.69, 9.17) is 24.7 Å². The van der Waals surface area contributed by atoms with Crippen LogP contribution < -0.4 is 11.1 Å². The molecule has 2 aromatic rings. The number of nitrogens with zero attached hydrogens (tertiary/aromatic N) is 3. The highest BCUT2D eigenvalue weighted by atomic mass is 16.8. The van der Waals surface area contributed by atoms with Crippen molar-refractivity contribution in [2.24, 2.45) is 5.92 Å². The van der Waals surface area contributed by atoms with Gasteiger partial charge in [-0.1, -0.05) is 13.8 Å². The van der Waals surface area contributed by atoms with Crippen molar-refractivity contribution in [3.8, 4) is 0 Å². The monoisotopic (exact) mass is 548 g/mol.